The predicted octanol–water partition coefficient (Wildman–Crippen LogP) is -0.347. The van der Waals surface area contributed by atoms with Crippen LogP contribution in [-0.4, -0.2) is 50.1 Å². The number of β-amino-alcohol motifs (C(OH)–C–C–N with tert-alkyl or cyclic N) is 1. The standard InChI is InChI=1S/C13H17N3O3S/c1-16(12-7-15-8-13(12)17)20(18,19)9-11-4-2-3-10(5-11)6-14/h2-5,12-13,15,17H,7-9H2,1H3/t12-,13-/m0/s1. The van der Waals surface area contributed by atoms with Gasteiger partial charge in [-0.15, -0.1) is 0 Å². The normalized spacial score (nSPS) is 22.9. The number of aliphatic hydroxyl groups is 1. The largest absolute Gasteiger partial charge is 0.390 e. The summed E-state index contributed by atoms with van der Waals surface area (Å²) in [6, 6.07) is 8.07. The number of nitrogens with one attached hydrogen (secondary N) is 1. The zero-order valence-corrected chi connectivity index (χ0v) is 12.0. The third kappa shape index (κ3) is 3.16. The van der Waals surface area contributed by atoms with Crippen LogP contribution in [0.1, 0.15) is 11.1 Å². The van der Waals surface area contributed by atoms with Crippen molar-refractivity contribution >= 4 is 10.0 Å². The third-order valence-corrected chi connectivity index (χ3v) is 5.31. The second-order valence-corrected chi connectivity index (χ2v) is 6.91. The Bertz CT molecular complexity index is 624. The molecule has 0 radical (unpaired) electrons. The zero-order chi connectivity index (χ0) is 14.8. The van der Waals surface area contributed by atoms with Crippen molar-refractivity contribution in [1.82, 2.24) is 9.62 Å². The lowest BCUT2D eigenvalue weighted by atomic mass is 10.2. The van der Waals surface area contributed by atoms with Gasteiger partial charge < -0.3 is 10.4 Å². The average molecular weight is 295 g/mol. The SMILES string of the molecule is CN([C@H]1CNC[C@@H]1O)S(=O)(=O)Cc1cccc(C#N)c1. The number of nitriles is 1. The Kier molecular flexibility index (Phi) is 4.40. The van der Waals surface area contributed by atoms with Crippen LogP contribution in [0.15, 0.2) is 24.3 Å². The van der Waals surface area contributed by atoms with Gasteiger partial charge in [0.05, 0.1) is 29.5 Å². The van der Waals surface area contributed by atoms with Crippen LogP contribution in [0.5, 0.6) is 0 Å². The molecule has 108 valence electrons. The molecule has 1 fully saturated rings. The fourth-order valence-corrected chi connectivity index (χ4v) is 3.70. The molecule has 1 aliphatic heterocycles. The van der Waals surface area contributed by atoms with Crippen LogP contribution in [0, 0.1) is 11.3 Å². The highest BCUT2D eigenvalue weighted by Gasteiger charge is 2.34. The molecule has 0 amide bonds. The van der Waals surface area contributed by atoms with Gasteiger partial charge in [0.1, 0.15) is 0 Å². The van der Waals surface area contributed by atoms with Crippen molar-refractivity contribution in [3.05, 3.63) is 35.4 Å². The molecule has 1 saturated heterocycles. The van der Waals surface area contributed by atoms with Crippen LogP contribution in [0.3, 0.4) is 0 Å². The Morgan fingerprint density at radius 1 is 1.50 bits per heavy atom. The molecule has 0 aromatic heterocycles. The van der Waals surface area contributed by atoms with E-state index in [2.05, 4.69) is 5.32 Å². The zero-order valence-electron chi connectivity index (χ0n) is 11.2. The third-order valence-electron chi connectivity index (χ3n) is 3.46. The molecule has 6 nitrogen and oxygen atoms in total. The summed E-state index contributed by atoms with van der Waals surface area (Å²) in [5, 5.41) is 21.5. The van der Waals surface area contributed by atoms with E-state index < -0.39 is 22.2 Å². The monoisotopic (exact) mass is 295 g/mol. The van der Waals surface area contributed by atoms with Gasteiger partial charge in [-0.05, 0) is 17.7 Å². The van der Waals surface area contributed by atoms with Crippen molar-refractivity contribution in [2.45, 2.75) is 17.9 Å². The number of nitrogens with zero attached hydrogens (tertiary/aromatic N) is 2. The molecule has 1 aromatic carbocycles. The molecule has 1 heterocycles. The Morgan fingerprint density at radius 2 is 2.25 bits per heavy atom. The van der Waals surface area contributed by atoms with Gasteiger partial charge in [-0.3, -0.25) is 0 Å². The number of rotatable bonds is 4. The summed E-state index contributed by atoms with van der Waals surface area (Å²) in [5.74, 6) is -0.178. The van der Waals surface area contributed by atoms with Crippen LogP contribution >= 0.6 is 0 Å². The fourth-order valence-electron chi connectivity index (χ4n) is 2.27. The summed E-state index contributed by atoms with van der Waals surface area (Å²) in [7, 11) is -2.05. The minimum absolute atomic E-state index is 0.178. The number of hydrogen-bond donors (Lipinski definition) is 2. The van der Waals surface area contributed by atoms with Gasteiger partial charge >= 0.3 is 0 Å². The van der Waals surface area contributed by atoms with E-state index in [1.54, 1.807) is 24.3 Å². The second kappa shape index (κ2) is 5.89. The maximum Gasteiger partial charge on any atom is 0.218 e. The highest BCUT2D eigenvalue weighted by Crippen LogP contribution is 2.16. The first kappa shape index (κ1) is 14.9. The van der Waals surface area contributed by atoms with Crippen molar-refractivity contribution in [2.75, 3.05) is 20.1 Å². The topological polar surface area (TPSA) is 93.4 Å². The van der Waals surface area contributed by atoms with E-state index >= 15 is 0 Å². The van der Waals surface area contributed by atoms with Gasteiger partial charge in [0.15, 0.2) is 0 Å². The van der Waals surface area contributed by atoms with E-state index in [9.17, 15) is 13.5 Å². The van der Waals surface area contributed by atoms with Crippen LogP contribution < -0.4 is 5.32 Å². The van der Waals surface area contributed by atoms with Crippen molar-refractivity contribution in [2.24, 2.45) is 0 Å². The van der Waals surface area contributed by atoms with Crippen molar-refractivity contribution < 1.29 is 13.5 Å². The van der Waals surface area contributed by atoms with E-state index in [-0.39, 0.29) is 5.75 Å². The fraction of sp³-hybridized carbons (Fsp3) is 0.462. The molecule has 2 N–H and O–H groups in total. The summed E-state index contributed by atoms with van der Waals surface area (Å²) in [5.41, 5.74) is 0.999. The molecule has 2 atom stereocenters. The van der Waals surface area contributed by atoms with Gasteiger partial charge in [0, 0.05) is 20.1 Å². The predicted molar refractivity (Wildman–Crippen MR) is 74.2 cm³/mol. The van der Waals surface area contributed by atoms with Crippen LogP contribution in [0.25, 0.3) is 0 Å². The molecule has 0 unspecified atom stereocenters. The second-order valence-electron chi connectivity index (χ2n) is 4.88. The van der Waals surface area contributed by atoms with Gasteiger partial charge in [-0.1, -0.05) is 12.1 Å². The number of hydrogen-bond acceptors (Lipinski definition) is 5. The lowest BCUT2D eigenvalue weighted by molar-refractivity contribution is 0.136. The Hall–Kier alpha value is -1.46. The molecule has 7 heteroatoms. The highest BCUT2D eigenvalue weighted by atomic mass is 32.2. The summed E-state index contributed by atoms with van der Waals surface area (Å²) in [4.78, 5) is 0. The minimum atomic E-state index is -3.53. The van der Waals surface area contributed by atoms with Gasteiger partial charge in [0.2, 0.25) is 10.0 Å². The van der Waals surface area contributed by atoms with Crippen molar-refractivity contribution in [3.8, 4) is 6.07 Å². The summed E-state index contributed by atoms with van der Waals surface area (Å²) < 4.78 is 25.9. The Balaban J connectivity index is 2.16. The number of likely N-dealkylation sites (N-methyl/N-ethyl adjacent to an activating group) is 1. The summed E-state index contributed by atoms with van der Waals surface area (Å²) >= 11 is 0. The number of benzene rings is 1. The summed E-state index contributed by atoms with van der Waals surface area (Å²) in [6.45, 7) is 0.837. The number of aliphatic hydroxyl groups excluding tert-OH is 1. The van der Waals surface area contributed by atoms with Crippen LogP contribution in [0.2, 0.25) is 0 Å². The molecule has 0 aliphatic carbocycles. The lowest BCUT2D eigenvalue weighted by Gasteiger charge is -2.25. The van der Waals surface area contributed by atoms with E-state index in [0.717, 1.165) is 0 Å². The quantitative estimate of drug-likeness (QED) is 0.792. The molecule has 2 rings (SSSR count). The minimum Gasteiger partial charge on any atom is -0.390 e. The maximum atomic E-state index is 12.3. The summed E-state index contributed by atoms with van der Waals surface area (Å²) in [6.07, 6.45) is -0.694. The Labute approximate surface area is 118 Å². The molecule has 0 saturated carbocycles. The van der Waals surface area contributed by atoms with Gasteiger partial charge in [0.25, 0.3) is 0 Å². The van der Waals surface area contributed by atoms with Crippen LogP contribution in [-0.2, 0) is 15.8 Å². The first-order chi connectivity index (χ1) is 9.44. The highest BCUT2D eigenvalue weighted by molar-refractivity contribution is 7.88. The maximum absolute atomic E-state index is 12.3. The van der Waals surface area contributed by atoms with E-state index in [4.69, 9.17) is 5.26 Å². The molecule has 20 heavy (non-hydrogen) atoms. The van der Waals surface area contributed by atoms with Gasteiger partial charge in [-0.25, -0.2) is 8.42 Å². The van der Waals surface area contributed by atoms with Crippen molar-refractivity contribution in [3.63, 3.8) is 0 Å². The van der Waals surface area contributed by atoms with Crippen LogP contribution in [0.4, 0.5) is 0 Å². The molecular formula is C13H17N3O3S. The van der Waals surface area contributed by atoms with Gasteiger partial charge in [-0.2, -0.15) is 9.57 Å². The molecule has 1 aliphatic rings. The Morgan fingerprint density at radius 3 is 2.85 bits per heavy atom. The van der Waals surface area contributed by atoms with E-state index in [1.165, 1.54) is 11.4 Å². The first-order valence-electron chi connectivity index (χ1n) is 6.27. The molecule has 0 bridgehead atoms. The van der Waals surface area contributed by atoms with Crippen molar-refractivity contribution in [1.29, 1.82) is 5.26 Å². The molecular weight excluding hydrogens is 278 g/mol. The van der Waals surface area contributed by atoms with E-state index in [0.29, 0.717) is 24.2 Å². The average Bonchev–Trinajstić information content (AvgIpc) is 2.83. The lowest BCUT2D eigenvalue weighted by Crippen LogP contribution is -2.44. The molecule has 1 aromatic rings. The molecule has 0 spiro atoms. The number of sulfonamides is 1. The smallest absolute Gasteiger partial charge is 0.218 e. The van der Waals surface area contributed by atoms with E-state index in [1.807, 2.05) is 6.07 Å². The first-order valence-corrected chi connectivity index (χ1v) is 7.88.